The van der Waals surface area contributed by atoms with E-state index in [2.05, 4.69) is 52.2 Å². The topological polar surface area (TPSA) is 53.7 Å². The Morgan fingerprint density at radius 2 is 1.87 bits per heavy atom. The molecule has 1 fully saturated rings. The highest BCUT2D eigenvalue weighted by Gasteiger charge is 2.25. The van der Waals surface area contributed by atoms with Gasteiger partial charge >= 0.3 is 0 Å². The van der Waals surface area contributed by atoms with Crippen LogP contribution in [0.5, 0.6) is 0 Å². The molecule has 7 heteroatoms. The van der Waals surface area contributed by atoms with E-state index in [1.165, 1.54) is 11.1 Å². The molecule has 0 unspecified atom stereocenters. The van der Waals surface area contributed by atoms with Crippen molar-refractivity contribution < 1.29 is 4.79 Å². The third kappa shape index (κ3) is 3.62. The molecule has 0 atom stereocenters. The van der Waals surface area contributed by atoms with Crippen LogP contribution in [0.1, 0.15) is 21.5 Å². The predicted molar refractivity (Wildman–Crippen MR) is 119 cm³/mol. The van der Waals surface area contributed by atoms with Crippen LogP contribution < -0.4 is 0 Å². The standard InChI is InChI=1S/C23H23N5OS/c1-17-4-6-18(7-5-17)16-26-10-12-27(13-11-26)23(29)19-15-25-28-20(8-9-24-22(19)28)21-3-2-14-30-21/h2-9,14-15H,10-13,16H2,1H3. The van der Waals surface area contributed by atoms with Crippen molar-refractivity contribution in [1.82, 2.24) is 24.4 Å². The summed E-state index contributed by atoms with van der Waals surface area (Å²) in [4.78, 5) is 23.1. The van der Waals surface area contributed by atoms with Crippen LogP contribution in [0.15, 0.2) is 60.2 Å². The van der Waals surface area contributed by atoms with Gasteiger partial charge in [0.25, 0.3) is 5.91 Å². The number of piperazine rings is 1. The zero-order chi connectivity index (χ0) is 20.5. The molecule has 1 aliphatic heterocycles. The van der Waals surface area contributed by atoms with Gasteiger partial charge in [0.2, 0.25) is 0 Å². The quantitative estimate of drug-likeness (QED) is 0.508. The van der Waals surface area contributed by atoms with E-state index in [1.54, 1.807) is 28.2 Å². The van der Waals surface area contributed by atoms with Gasteiger partial charge in [0, 0.05) is 38.9 Å². The van der Waals surface area contributed by atoms with Crippen LogP contribution in [0.2, 0.25) is 0 Å². The Labute approximate surface area is 179 Å². The van der Waals surface area contributed by atoms with E-state index in [0.29, 0.717) is 24.3 Å². The zero-order valence-electron chi connectivity index (χ0n) is 16.9. The van der Waals surface area contributed by atoms with Gasteiger partial charge in [-0.3, -0.25) is 9.69 Å². The number of hydrogen-bond acceptors (Lipinski definition) is 5. The van der Waals surface area contributed by atoms with Gasteiger partial charge < -0.3 is 4.90 Å². The van der Waals surface area contributed by atoms with E-state index >= 15 is 0 Å². The molecule has 4 aromatic rings. The second kappa shape index (κ2) is 8.01. The van der Waals surface area contributed by atoms with Crippen molar-refractivity contribution >= 4 is 22.9 Å². The molecule has 0 N–H and O–H groups in total. The van der Waals surface area contributed by atoms with E-state index in [9.17, 15) is 4.79 Å². The van der Waals surface area contributed by atoms with Crippen molar-refractivity contribution in [3.63, 3.8) is 0 Å². The molecule has 5 rings (SSSR count). The number of aromatic nitrogens is 3. The van der Waals surface area contributed by atoms with E-state index < -0.39 is 0 Å². The van der Waals surface area contributed by atoms with E-state index in [-0.39, 0.29) is 5.91 Å². The van der Waals surface area contributed by atoms with E-state index in [1.807, 2.05) is 22.4 Å². The first-order valence-corrected chi connectivity index (χ1v) is 11.0. The van der Waals surface area contributed by atoms with Crippen LogP contribution >= 0.6 is 11.3 Å². The summed E-state index contributed by atoms with van der Waals surface area (Å²) in [5.74, 6) is 0.0100. The van der Waals surface area contributed by atoms with Gasteiger partial charge in [0.15, 0.2) is 5.65 Å². The first-order chi connectivity index (χ1) is 14.7. The van der Waals surface area contributed by atoms with Crippen LogP contribution in [-0.4, -0.2) is 56.5 Å². The number of rotatable bonds is 4. The average Bonchev–Trinajstić information content (AvgIpc) is 3.45. The maximum absolute atomic E-state index is 13.2. The lowest BCUT2D eigenvalue weighted by molar-refractivity contribution is 0.0630. The van der Waals surface area contributed by atoms with Crippen LogP contribution in [0.25, 0.3) is 16.2 Å². The molecule has 0 saturated carbocycles. The minimum atomic E-state index is 0.0100. The Morgan fingerprint density at radius 1 is 1.07 bits per heavy atom. The molecule has 1 amide bonds. The first-order valence-electron chi connectivity index (χ1n) is 10.1. The van der Waals surface area contributed by atoms with Crippen LogP contribution in [0, 0.1) is 6.92 Å². The number of thiophene rings is 1. The molecular formula is C23H23N5OS. The molecule has 1 aliphatic rings. The Morgan fingerprint density at radius 3 is 2.60 bits per heavy atom. The van der Waals surface area contributed by atoms with Gasteiger partial charge in [0.05, 0.1) is 16.8 Å². The summed E-state index contributed by atoms with van der Waals surface area (Å²) in [5, 5.41) is 6.51. The minimum absolute atomic E-state index is 0.0100. The summed E-state index contributed by atoms with van der Waals surface area (Å²) in [6, 6.07) is 14.7. The molecule has 4 heterocycles. The van der Waals surface area contributed by atoms with Crippen molar-refractivity contribution in [1.29, 1.82) is 0 Å². The van der Waals surface area contributed by atoms with Crippen molar-refractivity contribution in [3.8, 4) is 10.6 Å². The number of benzene rings is 1. The fraction of sp³-hybridized carbons (Fsp3) is 0.261. The van der Waals surface area contributed by atoms with Crippen LogP contribution in [0.4, 0.5) is 0 Å². The summed E-state index contributed by atoms with van der Waals surface area (Å²) in [7, 11) is 0. The number of hydrogen-bond donors (Lipinski definition) is 0. The summed E-state index contributed by atoms with van der Waals surface area (Å²) in [5.41, 5.74) is 4.73. The molecule has 0 aliphatic carbocycles. The van der Waals surface area contributed by atoms with Crippen LogP contribution in [0.3, 0.4) is 0 Å². The van der Waals surface area contributed by atoms with Gasteiger partial charge in [-0.25, -0.2) is 9.50 Å². The monoisotopic (exact) mass is 417 g/mol. The zero-order valence-corrected chi connectivity index (χ0v) is 17.7. The Hall–Kier alpha value is -3.03. The minimum Gasteiger partial charge on any atom is -0.336 e. The Balaban J connectivity index is 1.29. The van der Waals surface area contributed by atoms with Crippen LogP contribution in [-0.2, 0) is 6.54 Å². The van der Waals surface area contributed by atoms with E-state index in [0.717, 1.165) is 30.2 Å². The number of carbonyl (C=O) groups is 1. The molecule has 30 heavy (non-hydrogen) atoms. The highest BCUT2D eigenvalue weighted by Crippen LogP contribution is 2.25. The van der Waals surface area contributed by atoms with Crippen molar-refractivity contribution in [3.05, 3.63) is 76.9 Å². The lowest BCUT2D eigenvalue weighted by Crippen LogP contribution is -2.48. The summed E-state index contributed by atoms with van der Waals surface area (Å²) < 4.78 is 1.77. The number of nitrogens with zero attached hydrogens (tertiary/aromatic N) is 5. The molecule has 0 bridgehead atoms. The van der Waals surface area contributed by atoms with Gasteiger partial charge in [-0.05, 0) is 30.0 Å². The largest absolute Gasteiger partial charge is 0.336 e. The SMILES string of the molecule is Cc1ccc(CN2CCN(C(=O)c3cnn4c(-c5cccs5)ccnc34)CC2)cc1. The third-order valence-corrected chi connectivity index (χ3v) is 6.48. The smallest absolute Gasteiger partial charge is 0.259 e. The van der Waals surface area contributed by atoms with Gasteiger partial charge in [-0.15, -0.1) is 11.3 Å². The average molecular weight is 418 g/mol. The lowest BCUT2D eigenvalue weighted by Gasteiger charge is -2.34. The lowest BCUT2D eigenvalue weighted by atomic mass is 10.1. The summed E-state index contributed by atoms with van der Waals surface area (Å²) >= 11 is 1.65. The highest BCUT2D eigenvalue weighted by atomic mass is 32.1. The fourth-order valence-corrected chi connectivity index (χ4v) is 4.62. The third-order valence-electron chi connectivity index (χ3n) is 5.59. The van der Waals surface area contributed by atoms with E-state index in [4.69, 9.17) is 0 Å². The number of aryl methyl sites for hydroxylation is 1. The Kier molecular flexibility index (Phi) is 5.06. The molecule has 0 radical (unpaired) electrons. The van der Waals surface area contributed by atoms with Gasteiger partial charge in [-0.1, -0.05) is 35.9 Å². The summed E-state index contributed by atoms with van der Waals surface area (Å²) in [6.07, 6.45) is 3.41. The molecule has 0 spiro atoms. The Bertz CT molecular complexity index is 1160. The normalized spacial score (nSPS) is 15.0. The first kappa shape index (κ1) is 19.0. The van der Waals surface area contributed by atoms with Crippen molar-refractivity contribution in [2.24, 2.45) is 0 Å². The van der Waals surface area contributed by atoms with Crippen molar-refractivity contribution in [2.45, 2.75) is 13.5 Å². The maximum Gasteiger partial charge on any atom is 0.259 e. The molecule has 152 valence electrons. The molecule has 1 aromatic carbocycles. The van der Waals surface area contributed by atoms with Gasteiger partial charge in [-0.2, -0.15) is 5.10 Å². The molecule has 6 nitrogen and oxygen atoms in total. The number of carbonyl (C=O) groups excluding carboxylic acids is 1. The molecular weight excluding hydrogens is 394 g/mol. The molecule has 3 aromatic heterocycles. The van der Waals surface area contributed by atoms with Gasteiger partial charge in [0.1, 0.15) is 5.56 Å². The van der Waals surface area contributed by atoms with Crippen molar-refractivity contribution in [2.75, 3.05) is 26.2 Å². The highest BCUT2D eigenvalue weighted by molar-refractivity contribution is 7.13. The predicted octanol–water partition coefficient (Wildman–Crippen LogP) is 3.72. The second-order valence-corrected chi connectivity index (χ2v) is 8.60. The summed E-state index contributed by atoms with van der Waals surface area (Å²) in [6.45, 7) is 6.19. The fourth-order valence-electron chi connectivity index (χ4n) is 3.88. The number of fused-ring (bicyclic) bond motifs is 1. The molecule has 1 saturated heterocycles. The second-order valence-electron chi connectivity index (χ2n) is 7.65. The maximum atomic E-state index is 13.2. The number of amides is 1.